The molecule has 13 heteroatoms. The van der Waals surface area contributed by atoms with Gasteiger partial charge in [0.2, 0.25) is 11.0 Å². The molecule has 2 aromatic carbocycles. The average Bonchev–Trinajstić information content (AvgIpc) is 3.35. The fourth-order valence-corrected chi connectivity index (χ4v) is 6.04. The summed E-state index contributed by atoms with van der Waals surface area (Å²) in [5.74, 6) is -0.904. The molecule has 2 aromatic heterocycles. The molecule has 0 unspecified atom stereocenters. The predicted molar refractivity (Wildman–Crippen MR) is 152 cm³/mol. The maximum atomic E-state index is 14.0. The number of hydrogen-bond donors (Lipinski definition) is 2. The van der Waals surface area contributed by atoms with E-state index in [4.69, 9.17) is 27.9 Å². The number of carbonyl (C=O) groups is 2. The van der Waals surface area contributed by atoms with Gasteiger partial charge in [-0.25, -0.2) is 20.1 Å². The second-order valence-corrected chi connectivity index (χ2v) is 10.9. The number of aromatic nitrogens is 2. The molecule has 39 heavy (non-hydrogen) atoms. The number of para-hydroxylation sites is 1. The van der Waals surface area contributed by atoms with Gasteiger partial charge in [0.05, 0.1) is 57.8 Å². The van der Waals surface area contributed by atoms with E-state index >= 15 is 0 Å². The summed E-state index contributed by atoms with van der Waals surface area (Å²) < 4.78 is 7.82. The summed E-state index contributed by atoms with van der Waals surface area (Å²) in [6.45, 7) is 3.63. The first-order valence-electron chi connectivity index (χ1n) is 12.1. The molecule has 2 amide bonds. The van der Waals surface area contributed by atoms with E-state index in [1.165, 1.54) is 33.2 Å². The maximum absolute atomic E-state index is 14.0. The standard InChI is InChI=1S/C26H22Cl2N6O4S/c1-14-22-16(13-21(35)34(14)32-8-10-38-11-9-32)23(24(36)29-15-6-7-17(27)18(28)12-15)31-33(25(22)37)26-30-19-4-2-3-5-20(19)39-26/h2-7,12-13,23,31H,8-11H2,1H3,(H,29,36)/t23-/m1/s1. The number of nitrogens with one attached hydrogen (secondary N) is 2. The van der Waals surface area contributed by atoms with E-state index in [0.29, 0.717) is 47.8 Å². The highest BCUT2D eigenvalue weighted by molar-refractivity contribution is 7.22. The summed E-state index contributed by atoms with van der Waals surface area (Å²) in [4.78, 5) is 45.6. The van der Waals surface area contributed by atoms with E-state index < -0.39 is 17.9 Å². The van der Waals surface area contributed by atoms with Crippen LogP contribution in [0.15, 0.2) is 53.3 Å². The minimum atomic E-state index is -1.08. The van der Waals surface area contributed by atoms with Crippen molar-refractivity contribution >= 4 is 67.4 Å². The number of ether oxygens (including phenoxy) is 1. The molecule has 0 saturated carbocycles. The van der Waals surface area contributed by atoms with Gasteiger partial charge in [-0.05, 0) is 37.3 Å². The van der Waals surface area contributed by atoms with E-state index in [9.17, 15) is 14.4 Å². The number of amides is 2. The molecule has 1 saturated heterocycles. The Kier molecular flexibility index (Phi) is 6.77. The van der Waals surface area contributed by atoms with Gasteiger partial charge in [0.15, 0.2) is 0 Å². The molecular formula is C26H22Cl2N6O4S. The highest BCUT2D eigenvalue weighted by Crippen LogP contribution is 2.35. The third-order valence-corrected chi connectivity index (χ3v) is 8.40. The Morgan fingerprint density at radius 3 is 2.62 bits per heavy atom. The second-order valence-electron chi connectivity index (χ2n) is 9.06. The Labute approximate surface area is 236 Å². The first kappa shape index (κ1) is 25.8. The molecule has 2 N–H and O–H groups in total. The van der Waals surface area contributed by atoms with Gasteiger partial charge in [0.1, 0.15) is 6.04 Å². The lowest BCUT2D eigenvalue weighted by Gasteiger charge is -2.37. The SMILES string of the molecule is Cc1c2c(cc(=O)n1N1CCOCC1)[C@H](C(=O)Nc1ccc(Cl)c(Cl)c1)NN(c1nc3ccccc3s1)C2=O. The lowest BCUT2D eigenvalue weighted by molar-refractivity contribution is -0.118. The van der Waals surface area contributed by atoms with Crippen LogP contribution >= 0.6 is 34.5 Å². The van der Waals surface area contributed by atoms with Gasteiger partial charge < -0.3 is 15.1 Å². The van der Waals surface area contributed by atoms with Crippen LogP contribution in [-0.4, -0.2) is 47.8 Å². The van der Waals surface area contributed by atoms with Crippen LogP contribution in [-0.2, 0) is 9.53 Å². The highest BCUT2D eigenvalue weighted by atomic mass is 35.5. The van der Waals surface area contributed by atoms with Gasteiger partial charge in [-0.1, -0.05) is 46.7 Å². The Morgan fingerprint density at radius 1 is 1.10 bits per heavy atom. The van der Waals surface area contributed by atoms with Crippen molar-refractivity contribution in [3.63, 3.8) is 0 Å². The van der Waals surface area contributed by atoms with Crippen molar-refractivity contribution in [2.45, 2.75) is 13.0 Å². The van der Waals surface area contributed by atoms with Crippen molar-refractivity contribution in [1.29, 1.82) is 0 Å². The smallest absolute Gasteiger partial charge is 0.276 e. The van der Waals surface area contributed by atoms with Crippen molar-refractivity contribution < 1.29 is 14.3 Å². The molecule has 10 nitrogen and oxygen atoms in total. The summed E-state index contributed by atoms with van der Waals surface area (Å²) in [7, 11) is 0. The monoisotopic (exact) mass is 584 g/mol. The summed E-state index contributed by atoms with van der Waals surface area (Å²) in [5, 5.41) is 6.96. The van der Waals surface area contributed by atoms with Crippen molar-refractivity contribution in [3.05, 3.63) is 85.8 Å². The Hall–Kier alpha value is -3.48. The molecular weight excluding hydrogens is 563 g/mol. The number of carbonyl (C=O) groups excluding carboxylic acids is 2. The molecule has 6 rings (SSSR count). The van der Waals surface area contributed by atoms with Gasteiger partial charge in [-0.2, -0.15) is 0 Å². The van der Waals surface area contributed by atoms with Crippen LogP contribution in [0.4, 0.5) is 10.8 Å². The summed E-state index contributed by atoms with van der Waals surface area (Å²) >= 11 is 13.5. The number of anilines is 2. The van der Waals surface area contributed by atoms with Crippen LogP contribution < -0.4 is 26.3 Å². The Morgan fingerprint density at radius 2 is 1.87 bits per heavy atom. The molecule has 1 fully saturated rings. The summed E-state index contributed by atoms with van der Waals surface area (Å²) in [6, 6.07) is 12.5. The normalized spacial score (nSPS) is 17.4. The zero-order valence-electron chi connectivity index (χ0n) is 20.6. The number of rotatable bonds is 4. The quantitative estimate of drug-likeness (QED) is 0.374. The predicted octanol–water partition coefficient (Wildman–Crippen LogP) is 3.89. The summed E-state index contributed by atoms with van der Waals surface area (Å²) in [5.41, 5.74) is 4.79. The molecule has 4 aromatic rings. The lowest BCUT2D eigenvalue weighted by atomic mass is 9.96. The molecule has 2 aliphatic rings. The fraction of sp³-hybridized carbons (Fsp3) is 0.231. The maximum Gasteiger partial charge on any atom is 0.276 e. The van der Waals surface area contributed by atoms with Crippen molar-refractivity contribution in [2.75, 3.05) is 41.6 Å². The number of morpholine rings is 1. The second kappa shape index (κ2) is 10.2. The number of nitrogens with zero attached hydrogens (tertiary/aromatic N) is 4. The van der Waals surface area contributed by atoms with Crippen LogP contribution in [0.3, 0.4) is 0 Å². The van der Waals surface area contributed by atoms with Gasteiger partial charge in [-0.15, -0.1) is 0 Å². The van der Waals surface area contributed by atoms with Crippen LogP contribution in [0.2, 0.25) is 10.0 Å². The zero-order chi connectivity index (χ0) is 27.3. The minimum Gasteiger partial charge on any atom is -0.378 e. The van der Waals surface area contributed by atoms with Crippen molar-refractivity contribution in [2.24, 2.45) is 0 Å². The molecule has 0 radical (unpaired) electrons. The molecule has 4 heterocycles. The number of fused-ring (bicyclic) bond motifs is 2. The molecule has 1 atom stereocenters. The number of benzene rings is 2. The van der Waals surface area contributed by atoms with Gasteiger partial charge >= 0.3 is 0 Å². The molecule has 200 valence electrons. The van der Waals surface area contributed by atoms with E-state index in [-0.39, 0.29) is 21.7 Å². The molecule has 0 spiro atoms. The Balaban J connectivity index is 1.46. The molecule has 2 aliphatic heterocycles. The number of halogens is 2. The topological polar surface area (TPSA) is 109 Å². The first-order valence-corrected chi connectivity index (χ1v) is 13.7. The Bertz CT molecular complexity index is 1650. The largest absolute Gasteiger partial charge is 0.378 e. The first-order chi connectivity index (χ1) is 18.8. The summed E-state index contributed by atoms with van der Waals surface area (Å²) in [6.07, 6.45) is 0. The third kappa shape index (κ3) is 4.66. The van der Waals surface area contributed by atoms with E-state index in [0.717, 1.165) is 10.2 Å². The number of thiazole rings is 1. The van der Waals surface area contributed by atoms with Gasteiger partial charge in [0, 0.05) is 17.3 Å². The molecule has 0 aliphatic carbocycles. The van der Waals surface area contributed by atoms with Gasteiger partial charge in [-0.3, -0.25) is 14.4 Å². The van der Waals surface area contributed by atoms with Crippen LogP contribution in [0.1, 0.15) is 27.7 Å². The van der Waals surface area contributed by atoms with Gasteiger partial charge in [0.25, 0.3) is 11.5 Å². The highest BCUT2D eigenvalue weighted by Gasteiger charge is 2.40. The zero-order valence-corrected chi connectivity index (χ0v) is 22.9. The van der Waals surface area contributed by atoms with E-state index in [2.05, 4.69) is 15.7 Å². The molecule has 0 bridgehead atoms. The van der Waals surface area contributed by atoms with Crippen molar-refractivity contribution in [3.8, 4) is 0 Å². The average molecular weight is 585 g/mol. The number of pyridine rings is 1. The fourth-order valence-electron chi connectivity index (χ4n) is 4.81. The minimum absolute atomic E-state index is 0.258. The van der Waals surface area contributed by atoms with Crippen LogP contribution in [0.25, 0.3) is 10.2 Å². The van der Waals surface area contributed by atoms with Crippen LogP contribution in [0.5, 0.6) is 0 Å². The lowest BCUT2D eigenvalue weighted by Crippen LogP contribution is -2.56. The van der Waals surface area contributed by atoms with E-state index in [1.807, 2.05) is 29.3 Å². The van der Waals surface area contributed by atoms with Crippen LogP contribution in [0, 0.1) is 6.92 Å². The third-order valence-electron chi connectivity index (χ3n) is 6.64. The number of hydrogen-bond acceptors (Lipinski definition) is 8. The number of hydrazine groups is 1. The van der Waals surface area contributed by atoms with E-state index in [1.54, 1.807) is 19.1 Å². The van der Waals surface area contributed by atoms with Crippen molar-refractivity contribution in [1.82, 2.24) is 15.1 Å².